The van der Waals surface area contributed by atoms with Gasteiger partial charge in [-0.1, -0.05) is 60.7 Å². The van der Waals surface area contributed by atoms with E-state index in [0.29, 0.717) is 24.5 Å². The quantitative estimate of drug-likeness (QED) is 0.558. The molecule has 0 saturated carbocycles. The van der Waals surface area contributed by atoms with Gasteiger partial charge in [-0.3, -0.25) is 0 Å². The van der Waals surface area contributed by atoms with E-state index in [4.69, 9.17) is 14.2 Å². The fourth-order valence-corrected chi connectivity index (χ4v) is 2.74. The van der Waals surface area contributed by atoms with Crippen molar-refractivity contribution in [2.24, 2.45) is 0 Å². The summed E-state index contributed by atoms with van der Waals surface area (Å²) in [6, 6.07) is 22.9. The van der Waals surface area contributed by atoms with Crippen LogP contribution in [0.3, 0.4) is 0 Å². The fraction of sp³-hybridized carbons (Fsp3) is 0.182. The van der Waals surface area contributed by atoms with E-state index in [9.17, 15) is 4.39 Å². The Morgan fingerprint density at radius 3 is 1.96 bits per heavy atom. The number of rotatable bonds is 7. The van der Waals surface area contributed by atoms with Gasteiger partial charge in [-0.2, -0.15) is 0 Å². The molecule has 1 fully saturated rings. The maximum Gasteiger partial charge on any atom is 0.197 e. The molecule has 0 aliphatic carbocycles. The third-order valence-electron chi connectivity index (χ3n) is 4.23. The summed E-state index contributed by atoms with van der Waals surface area (Å²) in [4.78, 5) is 0. The lowest BCUT2D eigenvalue weighted by atomic mass is 10.1. The normalized spacial score (nSPS) is 15.5. The molecule has 0 N–H and O–H groups in total. The van der Waals surface area contributed by atoms with Crippen LogP contribution in [0.4, 0.5) is 4.39 Å². The summed E-state index contributed by atoms with van der Waals surface area (Å²) in [5.41, 5.74) is 2.49. The highest BCUT2D eigenvalue weighted by molar-refractivity contribution is 5.46. The first-order chi connectivity index (χ1) is 12.8. The van der Waals surface area contributed by atoms with E-state index in [1.54, 1.807) is 12.1 Å². The van der Waals surface area contributed by atoms with E-state index in [1.165, 1.54) is 0 Å². The third kappa shape index (κ3) is 3.86. The Morgan fingerprint density at radius 1 is 0.808 bits per heavy atom. The second-order valence-electron chi connectivity index (χ2n) is 6.17. The molecule has 3 aromatic rings. The van der Waals surface area contributed by atoms with E-state index in [0.717, 1.165) is 11.1 Å². The predicted octanol–water partition coefficient (Wildman–Crippen LogP) is 5.06. The van der Waals surface area contributed by atoms with Crippen molar-refractivity contribution in [3.8, 4) is 11.5 Å². The van der Waals surface area contributed by atoms with Crippen LogP contribution in [-0.2, 0) is 18.0 Å². The highest BCUT2D eigenvalue weighted by atomic mass is 19.1. The maximum atomic E-state index is 15.0. The zero-order valence-electron chi connectivity index (χ0n) is 14.2. The van der Waals surface area contributed by atoms with Gasteiger partial charge in [0.2, 0.25) is 0 Å². The predicted molar refractivity (Wildman–Crippen MR) is 96.6 cm³/mol. The number of benzene rings is 3. The number of ether oxygens (including phenoxy) is 3. The molecule has 132 valence electrons. The Kier molecular flexibility index (Phi) is 4.84. The van der Waals surface area contributed by atoms with Crippen LogP contribution in [0.2, 0.25) is 0 Å². The third-order valence-corrected chi connectivity index (χ3v) is 4.23. The number of epoxide rings is 1. The first-order valence-electron chi connectivity index (χ1n) is 8.59. The molecular formula is C22H19FO3. The Hall–Kier alpha value is -2.85. The molecule has 1 saturated heterocycles. The second kappa shape index (κ2) is 7.58. The van der Waals surface area contributed by atoms with Crippen molar-refractivity contribution < 1.29 is 18.6 Å². The summed E-state index contributed by atoms with van der Waals surface area (Å²) in [6.45, 7) is 1.16. The van der Waals surface area contributed by atoms with Gasteiger partial charge >= 0.3 is 0 Å². The smallest absolute Gasteiger partial charge is 0.197 e. The van der Waals surface area contributed by atoms with Crippen LogP contribution < -0.4 is 9.47 Å². The van der Waals surface area contributed by atoms with Gasteiger partial charge in [0.1, 0.15) is 19.3 Å². The molecule has 0 bridgehead atoms. The Morgan fingerprint density at radius 2 is 1.38 bits per heavy atom. The molecule has 4 heteroatoms. The highest BCUT2D eigenvalue weighted by Crippen LogP contribution is 2.40. The average Bonchev–Trinajstić information content (AvgIpc) is 3.52. The van der Waals surface area contributed by atoms with E-state index in [-0.39, 0.29) is 18.5 Å². The first kappa shape index (κ1) is 16.6. The summed E-state index contributed by atoms with van der Waals surface area (Å²) in [5, 5.41) is 0. The Labute approximate surface area is 152 Å². The lowest BCUT2D eigenvalue weighted by Crippen LogP contribution is -2.04. The van der Waals surface area contributed by atoms with Crippen molar-refractivity contribution in [2.45, 2.75) is 19.3 Å². The van der Waals surface area contributed by atoms with Crippen LogP contribution in [0.1, 0.15) is 22.8 Å². The summed E-state index contributed by atoms with van der Waals surface area (Å²) in [5.74, 6) is 0.124. The van der Waals surface area contributed by atoms with Crippen LogP contribution in [-0.4, -0.2) is 6.61 Å². The lowest BCUT2D eigenvalue weighted by molar-refractivity contribution is 0.244. The first-order valence-corrected chi connectivity index (χ1v) is 8.59. The van der Waals surface area contributed by atoms with Crippen molar-refractivity contribution in [3.63, 3.8) is 0 Å². The van der Waals surface area contributed by atoms with Crippen LogP contribution in [0, 0.1) is 5.82 Å². The molecule has 1 unspecified atom stereocenters. The molecule has 1 aliphatic heterocycles. The van der Waals surface area contributed by atoms with Gasteiger partial charge in [-0.05, 0) is 23.3 Å². The standard InChI is InChI=1S/C22H19FO3/c23-21-18(20-15-25-20)11-12-19(24-13-16-7-3-1-4-8-16)22(21)26-14-17-9-5-2-6-10-17/h1-12,20H,13-15H2. The number of hydrogen-bond acceptors (Lipinski definition) is 3. The number of hydrogen-bond donors (Lipinski definition) is 0. The van der Waals surface area contributed by atoms with Gasteiger partial charge in [-0.15, -0.1) is 0 Å². The van der Waals surface area contributed by atoms with Crippen molar-refractivity contribution in [3.05, 3.63) is 95.3 Å². The molecule has 26 heavy (non-hydrogen) atoms. The minimum atomic E-state index is -0.408. The average molecular weight is 350 g/mol. The number of halogens is 1. The zero-order valence-corrected chi connectivity index (χ0v) is 14.2. The molecule has 0 aromatic heterocycles. The van der Waals surface area contributed by atoms with E-state index >= 15 is 0 Å². The van der Waals surface area contributed by atoms with Crippen LogP contribution in [0.15, 0.2) is 72.8 Å². The Bertz CT molecular complexity index is 861. The van der Waals surface area contributed by atoms with Gasteiger partial charge in [-0.25, -0.2) is 4.39 Å². The largest absolute Gasteiger partial charge is 0.485 e. The van der Waals surface area contributed by atoms with E-state index in [1.807, 2.05) is 60.7 Å². The molecule has 0 amide bonds. The van der Waals surface area contributed by atoms with E-state index in [2.05, 4.69) is 0 Å². The fourth-order valence-electron chi connectivity index (χ4n) is 2.74. The van der Waals surface area contributed by atoms with Crippen molar-refractivity contribution in [1.82, 2.24) is 0 Å². The summed E-state index contributed by atoms with van der Waals surface area (Å²) < 4.78 is 31.8. The molecule has 1 atom stereocenters. The molecular weight excluding hydrogens is 331 g/mol. The van der Waals surface area contributed by atoms with Gasteiger partial charge in [0.05, 0.1) is 6.61 Å². The van der Waals surface area contributed by atoms with Crippen LogP contribution in [0.25, 0.3) is 0 Å². The summed E-state index contributed by atoms with van der Waals surface area (Å²) in [6.07, 6.45) is -0.183. The van der Waals surface area contributed by atoms with Crippen LogP contribution in [0.5, 0.6) is 11.5 Å². The summed E-state index contributed by atoms with van der Waals surface area (Å²) in [7, 11) is 0. The molecule has 1 heterocycles. The van der Waals surface area contributed by atoms with Gasteiger partial charge in [0, 0.05) is 5.56 Å². The molecule has 4 rings (SSSR count). The second-order valence-corrected chi connectivity index (χ2v) is 6.17. The van der Waals surface area contributed by atoms with E-state index < -0.39 is 5.82 Å². The topological polar surface area (TPSA) is 31.0 Å². The van der Waals surface area contributed by atoms with Crippen molar-refractivity contribution in [1.29, 1.82) is 0 Å². The lowest BCUT2D eigenvalue weighted by Gasteiger charge is -2.15. The molecule has 3 nitrogen and oxygen atoms in total. The molecule has 0 spiro atoms. The monoisotopic (exact) mass is 350 g/mol. The van der Waals surface area contributed by atoms with Crippen molar-refractivity contribution in [2.75, 3.05) is 6.61 Å². The highest BCUT2D eigenvalue weighted by Gasteiger charge is 2.30. The van der Waals surface area contributed by atoms with Crippen molar-refractivity contribution >= 4 is 0 Å². The van der Waals surface area contributed by atoms with Crippen LogP contribution >= 0.6 is 0 Å². The Balaban J connectivity index is 1.56. The molecule has 3 aromatic carbocycles. The maximum absolute atomic E-state index is 15.0. The minimum absolute atomic E-state index is 0.137. The van der Waals surface area contributed by atoms with Gasteiger partial charge in [0.15, 0.2) is 17.3 Å². The SMILES string of the molecule is Fc1c(C2CO2)ccc(OCc2ccccc2)c1OCc1ccccc1. The molecule has 0 radical (unpaired) electrons. The van der Waals surface area contributed by atoms with Gasteiger partial charge < -0.3 is 14.2 Å². The zero-order chi connectivity index (χ0) is 17.8. The van der Waals surface area contributed by atoms with Gasteiger partial charge in [0.25, 0.3) is 0 Å². The minimum Gasteiger partial charge on any atom is -0.485 e. The molecule has 1 aliphatic rings. The summed E-state index contributed by atoms with van der Waals surface area (Å²) >= 11 is 0.